The largest absolute Gasteiger partial charge is 1.00 e. The molecular weight excluding hydrogens is 248 g/mol. The number of hydrogen-bond acceptors (Lipinski definition) is 0. The van der Waals surface area contributed by atoms with Crippen molar-refractivity contribution < 1.29 is 17.0 Å². The molecule has 0 radical (unpaired) electrons. The van der Waals surface area contributed by atoms with E-state index in [1.165, 1.54) is 14.8 Å². The Hall–Kier alpha value is 0.466. The van der Waals surface area contributed by atoms with Gasteiger partial charge in [-0.05, 0) is 0 Å². The fraction of sp³-hybridized carbons (Fsp3) is 0.500. The zero-order valence-corrected chi connectivity index (χ0v) is 12.5. The van der Waals surface area contributed by atoms with E-state index < -0.39 is 0 Å². The van der Waals surface area contributed by atoms with Crippen molar-refractivity contribution in [2.24, 2.45) is 0 Å². The Kier molecular flexibility index (Phi) is 6.34. The summed E-state index contributed by atoms with van der Waals surface area (Å²) in [6.07, 6.45) is 0. The smallest absolute Gasteiger partial charge is 1.00 e. The Morgan fingerprint density at radius 1 is 0.929 bits per heavy atom. The van der Waals surface area contributed by atoms with Gasteiger partial charge in [-0.25, -0.2) is 0 Å². The van der Waals surface area contributed by atoms with E-state index in [-0.39, 0.29) is 17.0 Å². The normalized spacial score (nSPS) is 10.6. The van der Waals surface area contributed by atoms with Crippen molar-refractivity contribution in [2.45, 2.75) is 39.5 Å². The summed E-state index contributed by atoms with van der Waals surface area (Å²) in [5, 5.41) is 0. The second-order valence-electron chi connectivity index (χ2n) is 4.22. The maximum atomic E-state index is 2.26. The van der Waals surface area contributed by atoms with E-state index in [9.17, 15) is 0 Å². The third kappa shape index (κ3) is 3.25. The molecule has 0 fully saturated rings. The summed E-state index contributed by atoms with van der Waals surface area (Å²) < 4.78 is 1.51. The molecular formula is C12H17BrMg. The fourth-order valence-electron chi connectivity index (χ4n) is 1.71. The topological polar surface area (TPSA) is 0 Å². The molecule has 1 aromatic rings. The molecule has 0 aliphatic heterocycles. The van der Waals surface area contributed by atoms with Crippen molar-refractivity contribution in [3.05, 3.63) is 29.3 Å². The van der Waals surface area contributed by atoms with Gasteiger partial charge >= 0.3 is 94.3 Å². The first kappa shape index (κ1) is 14.5. The molecule has 0 aliphatic rings. The van der Waals surface area contributed by atoms with Crippen LogP contribution in [0, 0.1) is 0 Å². The zero-order valence-electron chi connectivity index (χ0n) is 9.47. The summed E-state index contributed by atoms with van der Waals surface area (Å²) in [5.74, 6) is 1.29. The summed E-state index contributed by atoms with van der Waals surface area (Å²) in [7, 11) is 0. The van der Waals surface area contributed by atoms with E-state index in [0.29, 0.717) is 11.8 Å². The first-order valence-corrected chi connectivity index (χ1v) is 5.69. The van der Waals surface area contributed by atoms with Crippen LogP contribution in [0.2, 0.25) is 0 Å². The molecule has 0 aromatic heterocycles. The fourth-order valence-corrected chi connectivity index (χ4v) is 2.76. The number of rotatable bonds is 2. The molecule has 0 spiro atoms. The molecule has 0 amide bonds. The van der Waals surface area contributed by atoms with Gasteiger partial charge in [0.2, 0.25) is 0 Å². The third-order valence-electron chi connectivity index (χ3n) is 2.49. The average molecular weight is 265 g/mol. The van der Waals surface area contributed by atoms with Gasteiger partial charge in [0.05, 0.1) is 0 Å². The molecule has 0 N–H and O–H groups in total. The average Bonchev–Trinajstić information content (AvgIpc) is 2.03. The Balaban J connectivity index is 0.00000169. The molecule has 0 saturated carbocycles. The molecule has 0 nitrogen and oxygen atoms in total. The van der Waals surface area contributed by atoms with Crippen LogP contribution in [0.3, 0.4) is 0 Å². The molecule has 1 rings (SSSR count). The van der Waals surface area contributed by atoms with Crippen molar-refractivity contribution in [3.63, 3.8) is 0 Å². The van der Waals surface area contributed by atoms with Gasteiger partial charge in [0.15, 0.2) is 0 Å². The quantitative estimate of drug-likeness (QED) is 0.646. The van der Waals surface area contributed by atoms with Crippen LogP contribution in [-0.4, -0.2) is 21.7 Å². The van der Waals surface area contributed by atoms with Gasteiger partial charge in [-0.1, -0.05) is 0 Å². The Morgan fingerprint density at radius 2 is 1.29 bits per heavy atom. The molecule has 14 heavy (non-hydrogen) atoms. The number of benzene rings is 1. The Bertz CT molecular complexity index is 266. The van der Waals surface area contributed by atoms with E-state index >= 15 is 0 Å². The molecule has 0 atom stereocenters. The number of hydrogen-bond donors (Lipinski definition) is 0. The van der Waals surface area contributed by atoms with Crippen molar-refractivity contribution >= 4 is 25.4 Å². The van der Waals surface area contributed by atoms with Gasteiger partial charge in [0, 0.05) is 0 Å². The van der Waals surface area contributed by atoms with Crippen LogP contribution < -0.4 is 20.7 Å². The predicted molar refractivity (Wildman–Crippen MR) is 60.0 cm³/mol. The van der Waals surface area contributed by atoms with E-state index in [1.807, 2.05) is 21.7 Å². The van der Waals surface area contributed by atoms with Gasteiger partial charge in [0.1, 0.15) is 0 Å². The summed E-state index contributed by atoms with van der Waals surface area (Å²) in [6.45, 7) is 9.04. The molecule has 0 bridgehead atoms. The minimum Gasteiger partial charge on any atom is -1.00 e. The summed E-state index contributed by atoms with van der Waals surface area (Å²) >= 11 is 2.03. The van der Waals surface area contributed by atoms with Crippen LogP contribution in [-0.2, 0) is 0 Å². The summed E-state index contributed by atoms with van der Waals surface area (Å²) in [6, 6.07) is 6.68. The molecule has 2 heteroatoms. The van der Waals surface area contributed by atoms with E-state index in [4.69, 9.17) is 0 Å². The molecule has 0 heterocycles. The van der Waals surface area contributed by atoms with Crippen LogP contribution in [0.4, 0.5) is 0 Å². The molecule has 0 saturated heterocycles. The molecule has 74 valence electrons. The molecule has 0 aliphatic carbocycles. The Morgan fingerprint density at radius 3 is 1.57 bits per heavy atom. The van der Waals surface area contributed by atoms with Gasteiger partial charge in [-0.15, -0.1) is 0 Å². The zero-order chi connectivity index (χ0) is 10.0. The maximum Gasteiger partial charge on any atom is -1.00 e. The van der Waals surface area contributed by atoms with Crippen molar-refractivity contribution in [2.75, 3.05) is 0 Å². The van der Waals surface area contributed by atoms with E-state index in [1.54, 1.807) is 0 Å². The Labute approximate surface area is 111 Å². The second-order valence-corrected chi connectivity index (χ2v) is 4.93. The second kappa shape index (κ2) is 6.14. The first-order chi connectivity index (χ1) is 6.04. The molecule has 1 aromatic carbocycles. The van der Waals surface area contributed by atoms with E-state index in [0.717, 1.165) is 0 Å². The molecule has 0 unspecified atom stereocenters. The van der Waals surface area contributed by atoms with Crippen LogP contribution in [0.5, 0.6) is 0 Å². The number of halogens is 1. The van der Waals surface area contributed by atoms with E-state index in [2.05, 4.69) is 45.9 Å². The van der Waals surface area contributed by atoms with Crippen LogP contribution >= 0.6 is 0 Å². The summed E-state index contributed by atoms with van der Waals surface area (Å²) in [5.41, 5.74) is 3.01. The third-order valence-corrected chi connectivity index (χ3v) is 3.31. The van der Waals surface area contributed by atoms with Crippen LogP contribution in [0.25, 0.3) is 0 Å². The van der Waals surface area contributed by atoms with Crippen LogP contribution in [0.1, 0.15) is 50.7 Å². The van der Waals surface area contributed by atoms with Crippen molar-refractivity contribution in [1.29, 1.82) is 0 Å². The standard InChI is InChI=1S/C12H17.BrH.Mg/c1-9(2)11-6-5-7-12(8-11)10(3)4;;/h5-7,9-10H,1-4H3;1H;/q;;+1/p-1. The van der Waals surface area contributed by atoms with Crippen molar-refractivity contribution in [3.8, 4) is 0 Å². The monoisotopic (exact) mass is 264 g/mol. The predicted octanol–water partition coefficient (Wildman–Crippen LogP) is -0.269. The van der Waals surface area contributed by atoms with Gasteiger partial charge in [0.25, 0.3) is 0 Å². The van der Waals surface area contributed by atoms with Gasteiger partial charge in [-0.2, -0.15) is 0 Å². The first-order valence-electron chi connectivity index (χ1n) is 4.98. The van der Waals surface area contributed by atoms with Crippen molar-refractivity contribution in [1.82, 2.24) is 0 Å². The van der Waals surface area contributed by atoms with Gasteiger partial charge < -0.3 is 17.0 Å². The van der Waals surface area contributed by atoms with Gasteiger partial charge in [-0.3, -0.25) is 0 Å². The summed E-state index contributed by atoms with van der Waals surface area (Å²) in [4.78, 5) is 0. The minimum absolute atomic E-state index is 0. The maximum absolute atomic E-state index is 2.26. The SMILES string of the molecule is CC(C)c1cccc(C(C)C)[c]1[Mg+].[Br-]. The van der Waals surface area contributed by atoms with Crippen LogP contribution in [0.15, 0.2) is 18.2 Å². The minimum atomic E-state index is 0.